The lowest BCUT2D eigenvalue weighted by molar-refractivity contribution is 0.562. The van der Waals surface area contributed by atoms with Gasteiger partial charge in [-0.05, 0) is 32.0 Å². The van der Waals surface area contributed by atoms with E-state index >= 15 is 0 Å². The molecule has 1 atom stereocenters. The molecular formula is C14H15N3O2S. The first-order valence-corrected chi connectivity index (χ1v) is 7.21. The van der Waals surface area contributed by atoms with Crippen LogP contribution in [0.25, 0.3) is 10.9 Å². The number of nitroso groups, excluding NO2 is 1. The minimum Gasteiger partial charge on any atom is -0.591 e. The molecule has 20 heavy (non-hydrogen) atoms. The van der Waals surface area contributed by atoms with Gasteiger partial charge in [0.15, 0.2) is 0 Å². The van der Waals surface area contributed by atoms with E-state index in [1.54, 1.807) is 18.3 Å². The van der Waals surface area contributed by atoms with Crippen LogP contribution in [0.15, 0.2) is 40.0 Å². The molecule has 2 aromatic rings. The molecule has 5 nitrogen and oxygen atoms in total. The summed E-state index contributed by atoms with van der Waals surface area (Å²) in [5.41, 5.74) is 1.26. The molecule has 0 amide bonds. The van der Waals surface area contributed by atoms with Crippen LogP contribution in [0.3, 0.4) is 0 Å². The second kappa shape index (κ2) is 5.68. The molecule has 1 aromatic carbocycles. The SMILES string of the molecule is CC(C)(C)[S+]([O-])N=Cc1ccc2cccnc2c1N=O. The predicted octanol–water partition coefficient (Wildman–Crippen LogP) is 3.51. The second-order valence-electron chi connectivity index (χ2n) is 5.27. The third-order valence-electron chi connectivity index (χ3n) is 2.68. The largest absolute Gasteiger partial charge is 0.591 e. The minimum absolute atomic E-state index is 0.220. The number of rotatable bonds is 3. The number of aromatic nitrogens is 1. The van der Waals surface area contributed by atoms with Crippen LogP contribution in [0.5, 0.6) is 0 Å². The van der Waals surface area contributed by atoms with Crippen molar-refractivity contribution >= 4 is 34.2 Å². The van der Waals surface area contributed by atoms with Crippen molar-refractivity contribution in [1.82, 2.24) is 4.98 Å². The van der Waals surface area contributed by atoms with Crippen molar-refractivity contribution in [3.63, 3.8) is 0 Å². The van der Waals surface area contributed by atoms with E-state index in [-0.39, 0.29) is 5.69 Å². The van der Waals surface area contributed by atoms with Gasteiger partial charge in [0.25, 0.3) is 0 Å². The monoisotopic (exact) mass is 289 g/mol. The summed E-state index contributed by atoms with van der Waals surface area (Å²) in [5.74, 6) is 0. The van der Waals surface area contributed by atoms with E-state index in [9.17, 15) is 9.46 Å². The molecule has 0 aliphatic carbocycles. The lowest BCUT2D eigenvalue weighted by Crippen LogP contribution is -2.25. The average Bonchev–Trinajstić information content (AvgIpc) is 2.42. The van der Waals surface area contributed by atoms with Gasteiger partial charge >= 0.3 is 0 Å². The Bertz CT molecular complexity index is 665. The summed E-state index contributed by atoms with van der Waals surface area (Å²) in [4.78, 5) is 15.2. The number of hydrogen-bond donors (Lipinski definition) is 0. The summed E-state index contributed by atoms with van der Waals surface area (Å²) >= 11 is -1.38. The summed E-state index contributed by atoms with van der Waals surface area (Å²) in [6.45, 7) is 5.50. The summed E-state index contributed by atoms with van der Waals surface area (Å²) in [6.07, 6.45) is 3.03. The molecule has 1 unspecified atom stereocenters. The molecule has 0 fully saturated rings. The molecule has 6 heteroatoms. The van der Waals surface area contributed by atoms with Gasteiger partial charge in [0.05, 0.1) is 6.21 Å². The maximum Gasteiger partial charge on any atom is 0.144 e. The average molecular weight is 289 g/mol. The van der Waals surface area contributed by atoms with Crippen molar-refractivity contribution in [1.29, 1.82) is 0 Å². The van der Waals surface area contributed by atoms with E-state index in [0.717, 1.165) is 5.39 Å². The van der Waals surface area contributed by atoms with Crippen molar-refractivity contribution in [2.24, 2.45) is 9.57 Å². The Hall–Kier alpha value is -1.79. The summed E-state index contributed by atoms with van der Waals surface area (Å²) in [6, 6.07) is 7.20. The zero-order valence-corrected chi connectivity index (χ0v) is 12.3. The van der Waals surface area contributed by atoms with Gasteiger partial charge in [-0.25, -0.2) is 0 Å². The lowest BCUT2D eigenvalue weighted by atomic mass is 10.1. The van der Waals surface area contributed by atoms with Gasteiger partial charge in [-0.15, -0.1) is 4.91 Å². The Morgan fingerprint density at radius 1 is 1.30 bits per heavy atom. The van der Waals surface area contributed by atoms with E-state index < -0.39 is 16.1 Å². The Kier molecular flexibility index (Phi) is 4.15. The number of pyridine rings is 1. The van der Waals surface area contributed by atoms with Crippen LogP contribution in [-0.4, -0.2) is 20.5 Å². The van der Waals surface area contributed by atoms with Crippen LogP contribution < -0.4 is 0 Å². The second-order valence-corrected chi connectivity index (χ2v) is 7.20. The third-order valence-corrected chi connectivity index (χ3v) is 4.03. The Morgan fingerprint density at radius 3 is 2.70 bits per heavy atom. The van der Waals surface area contributed by atoms with E-state index in [1.165, 1.54) is 6.21 Å². The molecule has 1 heterocycles. The minimum atomic E-state index is -1.38. The first-order chi connectivity index (χ1) is 9.43. The highest BCUT2D eigenvalue weighted by molar-refractivity contribution is 7.91. The molecule has 104 valence electrons. The van der Waals surface area contributed by atoms with Crippen LogP contribution >= 0.6 is 0 Å². The van der Waals surface area contributed by atoms with Gasteiger partial charge in [-0.2, -0.15) is 0 Å². The molecule has 0 N–H and O–H groups in total. The maximum absolute atomic E-state index is 11.9. The highest BCUT2D eigenvalue weighted by atomic mass is 32.2. The number of fused-ring (bicyclic) bond motifs is 1. The van der Waals surface area contributed by atoms with Gasteiger partial charge < -0.3 is 4.55 Å². The first kappa shape index (κ1) is 14.6. The molecule has 1 aromatic heterocycles. The number of nitrogens with zero attached hydrogens (tertiary/aromatic N) is 3. The Balaban J connectivity index is 2.45. The van der Waals surface area contributed by atoms with E-state index in [2.05, 4.69) is 14.6 Å². The molecule has 0 saturated carbocycles. The molecule has 0 bridgehead atoms. The molecular weight excluding hydrogens is 274 g/mol. The molecule has 0 saturated heterocycles. The zero-order valence-electron chi connectivity index (χ0n) is 11.5. The summed E-state index contributed by atoms with van der Waals surface area (Å²) < 4.78 is 15.4. The van der Waals surface area contributed by atoms with Crippen molar-refractivity contribution in [2.75, 3.05) is 0 Å². The predicted molar refractivity (Wildman–Crippen MR) is 82.7 cm³/mol. The maximum atomic E-state index is 11.9. The molecule has 2 rings (SSSR count). The van der Waals surface area contributed by atoms with Gasteiger partial charge in [-0.3, -0.25) is 4.98 Å². The molecule has 0 radical (unpaired) electrons. The fourth-order valence-corrected chi connectivity index (χ4v) is 2.13. The molecule has 0 spiro atoms. The smallest absolute Gasteiger partial charge is 0.144 e. The van der Waals surface area contributed by atoms with Crippen molar-refractivity contribution in [3.05, 3.63) is 40.9 Å². The van der Waals surface area contributed by atoms with Crippen molar-refractivity contribution in [2.45, 2.75) is 25.5 Å². The van der Waals surface area contributed by atoms with E-state index in [1.807, 2.05) is 32.9 Å². The van der Waals surface area contributed by atoms with Crippen LogP contribution in [0.1, 0.15) is 26.3 Å². The van der Waals surface area contributed by atoms with Gasteiger partial charge in [-0.1, -0.05) is 22.6 Å². The Labute approximate surface area is 120 Å². The van der Waals surface area contributed by atoms with Crippen LogP contribution in [0, 0.1) is 4.91 Å². The van der Waals surface area contributed by atoms with Crippen molar-refractivity contribution in [3.8, 4) is 0 Å². The van der Waals surface area contributed by atoms with Crippen LogP contribution in [0.2, 0.25) is 0 Å². The summed E-state index contributed by atoms with van der Waals surface area (Å²) in [7, 11) is 0. The normalized spacial score (nSPS) is 13.8. The van der Waals surface area contributed by atoms with Gasteiger partial charge in [0, 0.05) is 17.1 Å². The number of benzene rings is 1. The topological polar surface area (TPSA) is 77.7 Å². The fraction of sp³-hybridized carbons (Fsp3) is 0.286. The highest BCUT2D eigenvalue weighted by Gasteiger charge is 2.26. The van der Waals surface area contributed by atoms with E-state index in [0.29, 0.717) is 11.1 Å². The molecule has 0 aliphatic heterocycles. The zero-order chi connectivity index (χ0) is 14.8. The lowest BCUT2D eigenvalue weighted by Gasteiger charge is -2.17. The first-order valence-electron chi connectivity index (χ1n) is 6.10. The molecule has 0 aliphatic rings. The van der Waals surface area contributed by atoms with Crippen LogP contribution in [0.4, 0.5) is 5.69 Å². The number of hydrogen-bond acceptors (Lipinski definition) is 5. The third kappa shape index (κ3) is 3.02. The van der Waals surface area contributed by atoms with E-state index in [4.69, 9.17) is 0 Å². The van der Waals surface area contributed by atoms with Crippen molar-refractivity contribution < 1.29 is 4.55 Å². The fourth-order valence-electron chi connectivity index (χ4n) is 1.61. The summed E-state index contributed by atoms with van der Waals surface area (Å²) in [5, 5.41) is 3.87. The van der Waals surface area contributed by atoms with Crippen LogP contribution in [-0.2, 0) is 11.4 Å². The quantitative estimate of drug-likeness (QED) is 0.492. The highest BCUT2D eigenvalue weighted by Crippen LogP contribution is 2.27. The van der Waals surface area contributed by atoms with Gasteiger partial charge in [0.1, 0.15) is 27.3 Å². The Morgan fingerprint density at radius 2 is 2.05 bits per heavy atom. The van der Waals surface area contributed by atoms with Gasteiger partial charge in [0.2, 0.25) is 0 Å². The standard InChI is InChI=1S/C14H15N3O2S/c1-14(2,3)20(19)16-9-11-7-6-10-5-4-8-15-12(10)13(11)17-18/h4-9H,1-3H3.